The molecule has 3 nitrogen and oxygen atoms in total. The van der Waals surface area contributed by atoms with Gasteiger partial charge in [-0.1, -0.05) is 24.3 Å². The van der Waals surface area contributed by atoms with Crippen molar-refractivity contribution in [1.29, 1.82) is 0 Å². The molecule has 2 aromatic carbocycles. The van der Waals surface area contributed by atoms with Gasteiger partial charge < -0.3 is 9.15 Å². The second-order valence-electron chi connectivity index (χ2n) is 4.19. The highest BCUT2D eigenvalue weighted by Crippen LogP contribution is 2.25. The molecule has 0 unspecified atom stereocenters. The molecule has 0 fully saturated rings. The van der Waals surface area contributed by atoms with Gasteiger partial charge in [-0.2, -0.15) is 0 Å². The van der Waals surface area contributed by atoms with Crippen molar-refractivity contribution in [1.82, 2.24) is 0 Å². The van der Waals surface area contributed by atoms with Crippen LogP contribution in [0.4, 0.5) is 5.69 Å². The van der Waals surface area contributed by atoms with E-state index in [1.165, 1.54) is 0 Å². The highest BCUT2D eigenvalue weighted by atomic mass is 16.5. The Morgan fingerprint density at radius 1 is 0.850 bits per heavy atom. The van der Waals surface area contributed by atoms with E-state index in [9.17, 15) is 0 Å². The van der Waals surface area contributed by atoms with Crippen LogP contribution >= 0.6 is 0 Å². The van der Waals surface area contributed by atoms with Crippen molar-refractivity contribution in [2.45, 2.75) is 0 Å². The van der Waals surface area contributed by atoms with Gasteiger partial charge in [0.1, 0.15) is 17.3 Å². The first-order valence-corrected chi connectivity index (χ1v) is 6.31. The fourth-order valence-corrected chi connectivity index (χ4v) is 1.75. The molecule has 3 rings (SSSR count). The number of furan rings is 1. The Hall–Kier alpha value is -2.81. The highest BCUT2D eigenvalue weighted by Gasteiger charge is 1.98. The lowest BCUT2D eigenvalue weighted by molar-refractivity contribution is 0.483. The Kier molecular flexibility index (Phi) is 3.60. The molecule has 0 saturated heterocycles. The third-order valence-electron chi connectivity index (χ3n) is 2.68. The molecular weight excluding hydrogens is 250 g/mol. The highest BCUT2D eigenvalue weighted by molar-refractivity contribution is 5.78. The molecule has 3 heteroatoms. The van der Waals surface area contributed by atoms with Crippen molar-refractivity contribution < 1.29 is 9.15 Å². The molecule has 0 aliphatic rings. The van der Waals surface area contributed by atoms with Gasteiger partial charge in [-0.05, 0) is 36.4 Å². The molecule has 0 radical (unpaired) electrons. The van der Waals surface area contributed by atoms with E-state index in [1.807, 2.05) is 66.7 Å². The van der Waals surface area contributed by atoms with Crippen molar-refractivity contribution in [2.75, 3.05) is 0 Å². The summed E-state index contributed by atoms with van der Waals surface area (Å²) in [7, 11) is 0. The van der Waals surface area contributed by atoms with Gasteiger partial charge in [0, 0.05) is 6.07 Å². The minimum atomic E-state index is 0.722. The number of benzene rings is 2. The molecule has 0 aliphatic heterocycles. The molecule has 20 heavy (non-hydrogen) atoms. The summed E-state index contributed by atoms with van der Waals surface area (Å²) < 4.78 is 11.0. The fourth-order valence-electron chi connectivity index (χ4n) is 1.75. The average molecular weight is 263 g/mol. The lowest BCUT2D eigenvalue weighted by Crippen LogP contribution is -1.82. The number of aliphatic imine (C=N–C) groups is 1. The van der Waals surface area contributed by atoms with Gasteiger partial charge in [-0.3, -0.25) is 4.99 Å². The van der Waals surface area contributed by atoms with Crippen LogP contribution in [-0.2, 0) is 0 Å². The Morgan fingerprint density at radius 2 is 1.70 bits per heavy atom. The molecule has 3 aromatic rings. The predicted octanol–water partition coefficient (Wildman–Crippen LogP) is 4.82. The van der Waals surface area contributed by atoms with Crippen LogP contribution in [0.2, 0.25) is 0 Å². The minimum Gasteiger partial charge on any atom is -0.463 e. The van der Waals surface area contributed by atoms with Gasteiger partial charge in [0.25, 0.3) is 0 Å². The van der Waals surface area contributed by atoms with E-state index in [2.05, 4.69) is 4.99 Å². The third-order valence-corrected chi connectivity index (χ3v) is 2.68. The van der Waals surface area contributed by atoms with Crippen LogP contribution in [0.25, 0.3) is 0 Å². The SMILES string of the molecule is C(=Nc1cccc(Oc2ccccc2)c1)c1ccco1. The van der Waals surface area contributed by atoms with E-state index in [1.54, 1.807) is 12.5 Å². The monoisotopic (exact) mass is 263 g/mol. The molecule has 0 spiro atoms. The standard InChI is InChI=1S/C17H13NO2/c1-2-7-15(8-3-1)20-16-9-4-6-14(12-16)18-13-17-10-5-11-19-17/h1-13H. The summed E-state index contributed by atoms with van der Waals surface area (Å²) >= 11 is 0. The summed E-state index contributed by atoms with van der Waals surface area (Å²) in [4.78, 5) is 4.35. The molecule has 0 atom stereocenters. The molecule has 0 amide bonds. The van der Waals surface area contributed by atoms with Crippen LogP contribution in [0.1, 0.15) is 5.76 Å². The van der Waals surface area contributed by atoms with E-state index in [4.69, 9.17) is 9.15 Å². The summed E-state index contributed by atoms with van der Waals surface area (Å²) in [6.45, 7) is 0. The Morgan fingerprint density at radius 3 is 2.50 bits per heavy atom. The lowest BCUT2D eigenvalue weighted by Gasteiger charge is -2.05. The van der Waals surface area contributed by atoms with Crippen molar-refractivity contribution in [3.8, 4) is 11.5 Å². The molecule has 0 bridgehead atoms. The van der Waals surface area contributed by atoms with Gasteiger partial charge in [0.15, 0.2) is 0 Å². The molecule has 0 saturated carbocycles. The van der Waals surface area contributed by atoms with Crippen LogP contribution in [-0.4, -0.2) is 6.21 Å². The summed E-state index contributed by atoms with van der Waals surface area (Å²) in [6.07, 6.45) is 3.30. The number of para-hydroxylation sites is 1. The van der Waals surface area contributed by atoms with Crippen LogP contribution in [0.5, 0.6) is 11.5 Å². The Balaban J connectivity index is 1.76. The van der Waals surface area contributed by atoms with Crippen molar-refractivity contribution in [3.05, 3.63) is 78.8 Å². The maximum Gasteiger partial charge on any atom is 0.144 e. The van der Waals surface area contributed by atoms with E-state index in [0.29, 0.717) is 0 Å². The van der Waals surface area contributed by atoms with Gasteiger partial charge in [-0.25, -0.2) is 0 Å². The number of hydrogen-bond acceptors (Lipinski definition) is 3. The van der Waals surface area contributed by atoms with Crippen molar-refractivity contribution in [2.24, 2.45) is 4.99 Å². The van der Waals surface area contributed by atoms with Gasteiger partial charge >= 0.3 is 0 Å². The first-order chi connectivity index (χ1) is 9.90. The number of rotatable bonds is 4. The largest absolute Gasteiger partial charge is 0.463 e. The smallest absolute Gasteiger partial charge is 0.144 e. The van der Waals surface area contributed by atoms with E-state index in [0.717, 1.165) is 22.9 Å². The molecule has 0 aliphatic carbocycles. The van der Waals surface area contributed by atoms with E-state index < -0.39 is 0 Å². The maximum atomic E-state index is 5.76. The van der Waals surface area contributed by atoms with Crippen molar-refractivity contribution >= 4 is 11.9 Å². The van der Waals surface area contributed by atoms with E-state index in [-0.39, 0.29) is 0 Å². The second kappa shape index (κ2) is 5.89. The topological polar surface area (TPSA) is 34.7 Å². The average Bonchev–Trinajstić information content (AvgIpc) is 3.00. The summed E-state index contributed by atoms with van der Waals surface area (Å²) in [6, 6.07) is 21.0. The second-order valence-corrected chi connectivity index (χ2v) is 4.19. The van der Waals surface area contributed by atoms with Gasteiger partial charge in [0.05, 0.1) is 18.2 Å². The maximum absolute atomic E-state index is 5.76. The normalized spacial score (nSPS) is 10.8. The Bertz CT molecular complexity index is 688. The van der Waals surface area contributed by atoms with Crippen molar-refractivity contribution in [3.63, 3.8) is 0 Å². The van der Waals surface area contributed by atoms with Crippen LogP contribution in [0.3, 0.4) is 0 Å². The zero-order valence-electron chi connectivity index (χ0n) is 10.8. The quantitative estimate of drug-likeness (QED) is 0.632. The molecule has 1 aromatic heterocycles. The molecule has 1 heterocycles. The van der Waals surface area contributed by atoms with Gasteiger partial charge in [-0.15, -0.1) is 0 Å². The van der Waals surface area contributed by atoms with Crippen LogP contribution in [0, 0.1) is 0 Å². The molecule has 98 valence electrons. The zero-order valence-corrected chi connectivity index (χ0v) is 10.8. The summed E-state index contributed by atoms with van der Waals surface area (Å²) in [5, 5.41) is 0. The van der Waals surface area contributed by atoms with Crippen LogP contribution in [0.15, 0.2) is 82.4 Å². The number of hydrogen-bond donors (Lipinski definition) is 0. The fraction of sp³-hybridized carbons (Fsp3) is 0. The zero-order chi connectivity index (χ0) is 13.6. The number of ether oxygens (including phenoxy) is 1. The molecule has 0 N–H and O–H groups in total. The predicted molar refractivity (Wildman–Crippen MR) is 78.9 cm³/mol. The minimum absolute atomic E-state index is 0.722. The lowest BCUT2D eigenvalue weighted by atomic mass is 10.3. The van der Waals surface area contributed by atoms with Crippen LogP contribution < -0.4 is 4.74 Å². The third kappa shape index (κ3) is 3.14. The van der Waals surface area contributed by atoms with Gasteiger partial charge in [0.2, 0.25) is 0 Å². The first-order valence-electron chi connectivity index (χ1n) is 6.31. The molecular formula is C17H13NO2. The Labute approximate surface area is 117 Å². The number of nitrogens with zero attached hydrogens (tertiary/aromatic N) is 1. The summed E-state index contributed by atoms with van der Waals surface area (Å²) in [5.74, 6) is 2.28. The van der Waals surface area contributed by atoms with E-state index >= 15 is 0 Å². The first kappa shape index (κ1) is 12.2. The summed E-state index contributed by atoms with van der Waals surface area (Å²) in [5.41, 5.74) is 0.815.